The molecule has 1 amide bonds. The number of alkyl halides is 1. The zero-order valence-electron chi connectivity index (χ0n) is 27.0. The SMILES string of the molecule is [C-]#[N+]c1cc(Cl)c(Nc2ccc3c(c2)cc(OCC2CN(C(=O)OC(C)(C)C)CCO2)c(=O)n3C)nc1N1C[C@@H](C)C(F)[C@@H](C)C1. The fourth-order valence-corrected chi connectivity index (χ4v) is 6.04. The largest absolute Gasteiger partial charge is 0.485 e. The van der Waals surface area contributed by atoms with Crippen molar-refractivity contribution in [3.05, 3.63) is 57.1 Å². The number of halogens is 2. The third-order valence-electron chi connectivity index (χ3n) is 8.13. The number of benzene rings is 1. The van der Waals surface area contributed by atoms with Crippen molar-refractivity contribution in [3.63, 3.8) is 0 Å². The third-order valence-corrected chi connectivity index (χ3v) is 8.42. The summed E-state index contributed by atoms with van der Waals surface area (Å²) in [5, 5.41) is 4.25. The van der Waals surface area contributed by atoms with Crippen molar-refractivity contribution in [2.75, 3.05) is 49.6 Å². The number of morpholine rings is 1. The van der Waals surface area contributed by atoms with Crippen LogP contribution in [0.25, 0.3) is 15.7 Å². The minimum Gasteiger partial charge on any atom is -0.485 e. The zero-order valence-corrected chi connectivity index (χ0v) is 27.7. The van der Waals surface area contributed by atoms with Crippen molar-refractivity contribution in [1.29, 1.82) is 0 Å². The molecule has 5 rings (SSSR count). The fraction of sp³-hybridized carbons (Fsp3) is 0.515. The zero-order chi connectivity index (χ0) is 33.3. The molecule has 0 radical (unpaired) electrons. The fourth-order valence-electron chi connectivity index (χ4n) is 5.84. The number of ether oxygens (including phenoxy) is 3. The van der Waals surface area contributed by atoms with Gasteiger partial charge in [0, 0.05) is 49.6 Å². The van der Waals surface area contributed by atoms with Crippen LogP contribution in [0.3, 0.4) is 0 Å². The number of anilines is 3. The maximum absolute atomic E-state index is 14.5. The molecule has 3 aromatic rings. The van der Waals surface area contributed by atoms with Crippen molar-refractivity contribution < 1.29 is 23.4 Å². The van der Waals surface area contributed by atoms with E-state index < -0.39 is 24.0 Å². The van der Waals surface area contributed by atoms with Gasteiger partial charge in [-0.3, -0.25) is 4.79 Å². The molecule has 2 aromatic heterocycles. The number of carbonyl (C=O) groups excluding carboxylic acids is 1. The minimum absolute atomic E-state index is 0.0740. The Labute approximate surface area is 273 Å². The molecule has 13 heteroatoms. The van der Waals surface area contributed by atoms with Crippen LogP contribution in [0.15, 0.2) is 35.1 Å². The standard InChI is InChI=1S/C33H40ClFN6O5/c1-19-15-41(16-20(2)28(19)35)30-25(36-6)14-24(34)29(38-30)37-22-8-9-26-21(12-22)13-27(31(42)39(26)7)45-18-23-17-40(10-11-44-23)32(43)46-33(3,4)5/h8-9,12-14,19-20,23,28H,10-11,15-18H2,1-5,7H3,(H,37,38)/t19-,20+,23?,28?. The summed E-state index contributed by atoms with van der Waals surface area (Å²) >= 11 is 6.56. The lowest BCUT2D eigenvalue weighted by atomic mass is 9.89. The molecule has 2 fully saturated rings. The van der Waals surface area contributed by atoms with Gasteiger partial charge >= 0.3 is 6.09 Å². The van der Waals surface area contributed by atoms with Gasteiger partial charge in [-0.1, -0.05) is 25.4 Å². The molecule has 4 heterocycles. The number of pyridine rings is 2. The summed E-state index contributed by atoms with van der Waals surface area (Å²) in [5.41, 5.74) is 0.729. The summed E-state index contributed by atoms with van der Waals surface area (Å²) in [6.45, 7) is 18.8. The molecule has 1 N–H and O–H groups in total. The highest BCUT2D eigenvalue weighted by Crippen LogP contribution is 2.38. The van der Waals surface area contributed by atoms with E-state index in [1.165, 1.54) is 4.57 Å². The second kappa shape index (κ2) is 13.3. The van der Waals surface area contributed by atoms with Crippen LogP contribution >= 0.6 is 11.6 Å². The molecular formula is C33H40ClFN6O5. The lowest BCUT2D eigenvalue weighted by Crippen LogP contribution is -2.49. The van der Waals surface area contributed by atoms with Crippen molar-refractivity contribution in [3.8, 4) is 5.75 Å². The first-order chi connectivity index (χ1) is 21.7. The third kappa shape index (κ3) is 7.32. The number of amides is 1. The van der Waals surface area contributed by atoms with Gasteiger partial charge in [0.2, 0.25) is 5.69 Å². The van der Waals surface area contributed by atoms with Gasteiger partial charge < -0.3 is 33.9 Å². The number of aryl methyl sites for hydroxylation is 1. The number of hydrogen-bond acceptors (Lipinski definition) is 8. The van der Waals surface area contributed by atoms with Crippen molar-refractivity contribution in [1.82, 2.24) is 14.5 Å². The number of nitrogens with one attached hydrogen (secondary N) is 1. The van der Waals surface area contributed by atoms with Crippen molar-refractivity contribution in [2.45, 2.75) is 52.5 Å². The topological polar surface area (TPSA) is 103 Å². The number of rotatable bonds is 6. The number of nitrogens with zero attached hydrogens (tertiary/aromatic N) is 5. The molecule has 2 aliphatic heterocycles. The van der Waals surface area contributed by atoms with Crippen LogP contribution in [-0.4, -0.2) is 77.8 Å². The van der Waals surface area contributed by atoms with Crippen LogP contribution in [0.5, 0.6) is 5.75 Å². The van der Waals surface area contributed by atoms with Gasteiger partial charge in [0.1, 0.15) is 36.1 Å². The molecular weight excluding hydrogens is 615 g/mol. The molecule has 0 aliphatic carbocycles. The normalized spacial score (nSPS) is 22.0. The van der Waals surface area contributed by atoms with E-state index in [-0.39, 0.29) is 41.3 Å². The number of hydrogen-bond donors (Lipinski definition) is 1. The monoisotopic (exact) mass is 654 g/mol. The highest BCUT2D eigenvalue weighted by Gasteiger charge is 2.34. The first kappa shape index (κ1) is 33.3. The minimum atomic E-state index is -0.915. The summed E-state index contributed by atoms with van der Waals surface area (Å²) in [4.78, 5) is 37.6. The molecule has 1 aromatic carbocycles. The van der Waals surface area contributed by atoms with E-state index in [4.69, 9.17) is 37.4 Å². The van der Waals surface area contributed by atoms with Crippen molar-refractivity contribution >= 4 is 51.6 Å². The van der Waals surface area contributed by atoms with E-state index in [2.05, 4.69) is 10.2 Å². The number of carbonyl (C=O) groups is 1. The average Bonchev–Trinajstić information content (AvgIpc) is 3.00. The summed E-state index contributed by atoms with van der Waals surface area (Å²) in [5.74, 6) is 0.559. The van der Waals surface area contributed by atoms with Gasteiger partial charge in [0.25, 0.3) is 5.56 Å². The van der Waals surface area contributed by atoms with Crippen LogP contribution in [0, 0.1) is 18.4 Å². The van der Waals surface area contributed by atoms with E-state index >= 15 is 0 Å². The number of fused-ring (bicyclic) bond motifs is 1. The van der Waals surface area contributed by atoms with Gasteiger partial charge in [0.15, 0.2) is 5.75 Å². The van der Waals surface area contributed by atoms with Gasteiger partial charge in [-0.25, -0.2) is 19.0 Å². The highest BCUT2D eigenvalue weighted by molar-refractivity contribution is 6.33. The molecule has 2 aliphatic rings. The van der Waals surface area contributed by atoms with Gasteiger partial charge in [0.05, 0.1) is 30.3 Å². The van der Waals surface area contributed by atoms with E-state index in [9.17, 15) is 14.0 Å². The molecule has 0 bridgehead atoms. The molecule has 4 atom stereocenters. The Hall–Kier alpha value is -4.08. The second-order valence-electron chi connectivity index (χ2n) is 13.1. The Morgan fingerprint density at radius 2 is 1.91 bits per heavy atom. The van der Waals surface area contributed by atoms with Crippen LogP contribution in [0.1, 0.15) is 34.6 Å². The predicted octanol–water partition coefficient (Wildman–Crippen LogP) is 6.33. The Bertz CT molecular complexity index is 1710. The van der Waals surface area contributed by atoms with E-state index in [0.717, 1.165) is 5.39 Å². The highest BCUT2D eigenvalue weighted by atomic mass is 35.5. The van der Waals surface area contributed by atoms with Gasteiger partial charge in [-0.15, -0.1) is 0 Å². The lowest BCUT2D eigenvalue weighted by molar-refractivity contribution is -0.0558. The number of aromatic nitrogens is 2. The predicted molar refractivity (Wildman–Crippen MR) is 176 cm³/mol. The average molecular weight is 655 g/mol. The maximum Gasteiger partial charge on any atom is 0.410 e. The molecule has 11 nitrogen and oxygen atoms in total. The van der Waals surface area contributed by atoms with Crippen molar-refractivity contribution in [2.24, 2.45) is 18.9 Å². The lowest BCUT2D eigenvalue weighted by Gasteiger charge is -2.39. The quantitative estimate of drug-likeness (QED) is 0.308. The Balaban J connectivity index is 1.35. The van der Waals surface area contributed by atoms with E-state index in [1.54, 1.807) is 24.1 Å². The first-order valence-corrected chi connectivity index (χ1v) is 15.7. The molecule has 46 heavy (non-hydrogen) atoms. The van der Waals surface area contributed by atoms with Gasteiger partial charge in [-0.2, -0.15) is 0 Å². The molecule has 246 valence electrons. The smallest absolute Gasteiger partial charge is 0.410 e. The molecule has 0 spiro atoms. The van der Waals surface area contributed by atoms with Crippen LogP contribution < -0.4 is 20.5 Å². The molecule has 2 unspecified atom stereocenters. The van der Waals surface area contributed by atoms with Gasteiger partial charge in [-0.05, 0) is 51.1 Å². The first-order valence-electron chi connectivity index (χ1n) is 15.3. The summed E-state index contributed by atoms with van der Waals surface area (Å²) in [6, 6.07) is 8.71. The maximum atomic E-state index is 14.5. The summed E-state index contributed by atoms with van der Waals surface area (Å²) in [6.07, 6.45) is -1.76. The Morgan fingerprint density at radius 3 is 2.59 bits per heavy atom. The second-order valence-corrected chi connectivity index (χ2v) is 13.5. The van der Waals surface area contributed by atoms with E-state index in [0.29, 0.717) is 54.8 Å². The Kier molecular flexibility index (Phi) is 9.65. The number of piperidine rings is 1. The Morgan fingerprint density at radius 1 is 1.20 bits per heavy atom. The summed E-state index contributed by atoms with van der Waals surface area (Å²) in [7, 11) is 1.67. The summed E-state index contributed by atoms with van der Waals surface area (Å²) < 4.78 is 33.3. The molecule has 2 saturated heterocycles. The van der Waals surface area contributed by atoms with Crippen LogP contribution in [-0.2, 0) is 16.5 Å². The van der Waals surface area contributed by atoms with Crippen LogP contribution in [0.4, 0.5) is 32.2 Å². The molecule has 0 saturated carbocycles. The van der Waals surface area contributed by atoms with E-state index in [1.807, 2.05) is 57.7 Å². The van der Waals surface area contributed by atoms with Crippen LogP contribution in [0.2, 0.25) is 5.02 Å².